The lowest BCUT2D eigenvalue weighted by atomic mass is 10.1. The number of anilines is 1. The van der Waals surface area contributed by atoms with Crippen LogP contribution in [0, 0.1) is 0 Å². The molecule has 0 heterocycles. The van der Waals surface area contributed by atoms with Crippen LogP contribution in [0.15, 0.2) is 48.5 Å². The number of nitrogens with one attached hydrogen (secondary N) is 2. The molecule has 0 saturated heterocycles. The maximum atomic E-state index is 12.4. The van der Waals surface area contributed by atoms with Gasteiger partial charge in [0.05, 0.1) is 6.61 Å². The van der Waals surface area contributed by atoms with Crippen LogP contribution < -0.4 is 15.4 Å². The summed E-state index contributed by atoms with van der Waals surface area (Å²) in [6, 6.07) is 13.9. The molecule has 2 aromatic rings. The lowest BCUT2D eigenvalue weighted by Crippen LogP contribution is -2.32. The number of amides is 2. The largest absolute Gasteiger partial charge is 0.494 e. The van der Waals surface area contributed by atoms with Crippen LogP contribution in [-0.2, 0) is 0 Å². The van der Waals surface area contributed by atoms with Gasteiger partial charge in [-0.05, 0) is 62.7 Å². The third-order valence-corrected chi connectivity index (χ3v) is 3.80. The van der Waals surface area contributed by atoms with E-state index in [0.29, 0.717) is 23.4 Å². The van der Waals surface area contributed by atoms with Gasteiger partial charge in [-0.15, -0.1) is 0 Å². The fourth-order valence-electron chi connectivity index (χ4n) is 2.22. The molecule has 0 radical (unpaired) electrons. The van der Waals surface area contributed by atoms with E-state index >= 15 is 0 Å². The van der Waals surface area contributed by atoms with E-state index in [1.54, 1.807) is 48.5 Å². The SMILES string of the molecule is CCOc1ccc(NC(=O)c2cccc(C(=O)NC(C)CC)c2)cc1. The predicted molar refractivity (Wildman–Crippen MR) is 99.2 cm³/mol. The summed E-state index contributed by atoms with van der Waals surface area (Å²) in [5.41, 5.74) is 1.58. The van der Waals surface area contributed by atoms with Crippen LogP contribution in [-0.4, -0.2) is 24.5 Å². The van der Waals surface area contributed by atoms with E-state index in [9.17, 15) is 9.59 Å². The Morgan fingerprint density at radius 1 is 1.00 bits per heavy atom. The smallest absolute Gasteiger partial charge is 0.255 e. The number of carbonyl (C=O) groups is 2. The molecule has 132 valence electrons. The van der Waals surface area contributed by atoms with Gasteiger partial charge < -0.3 is 15.4 Å². The van der Waals surface area contributed by atoms with Gasteiger partial charge in [0.1, 0.15) is 5.75 Å². The summed E-state index contributed by atoms with van der Waals surface area (Å²) in [4.78, 5) is 24.6. The van der Waals surface area contributed by atoms with Gasteiger partial charge in [0.15, 0.2) is 0 Å². The zero-order valence-electron chi connectivity index (χ0n) is 14.8. The molecule has 0 fully saturated rings. The Balaban J connectivity index is 2.06. The first-order valence-corrected chi connectivity index (χ1v) is 8.48. The van der Waals surface area contributed by atoms with Crippen molar-refractivity contribution < 1.29 is 14.3 Å². The standard InChI is InChI=1S/C20H24N2O3/c1-4-14(3)21-19(23)15-7-6-8-16(13-15)20(24)22-17-9-11-18(12-10-17)25-5-2/h6-14H,4-5H2,1-3H3,(H,21,23)(H,22,24). The van der Waals surface area contributed by atoms with Crippen molar-refractivity contribution in [1.82, 2.24) is 5.32 Å². The third kappa shape index (κ3) is 5.35. The van der Waals surface area contributed by atoms with Crippen LogP contribution in [0.5, 0.6) is 5.75 Å². The Morgan fingerprint density at radius 2 is 1.64 bits per heavy atom. The van der Waals surface area contributed by atoms with Gasteiger partial charge in [-0.2, -0.15) is 0 Å². The molecule has 2 amide bonds. The van der Waals surface area contributed by atoms with Crippen LogP contribution in [0.25, 0.3) is 0 Å². The fourth-order valence-corrected chi connectivity index (χ4v) is 2.22. The van der Waals surface area contributed by atoms with Crippen molar-refractivity contribution in [2.45, 2.75) is 33.2 Å². The van der Waals surface area contributed by atoms with Crippen LogP contribution in [0.3, 0.4) is 0 Å². The normalized spacial score (nSPS) is 11.5. The van der Waals surface area contributed by atoms with Gasteiger partial charge in [0.25, 0.3) is 11.8 Å². The van der Waals surface area contributed by atoms with Crippen molar-refractivity contribution in [3.8, 4) is 5.75 Å². The molecule has 0 aromatic heterocycles. The average Bonchev–Trinajstić information content (AvgIpc) is 2.63. The van der Waals surface area contributed by atoms with E-state index in [0.717, 1.165) is 12.2 Å². The predicted octanol–water partition coefficient (Wildman–Crippen LogP) is 3.87. The van der Waals surface area contributed by atoms with Crippen LogP contribution in [0.2, 0.25) is 0 Å². The molecule has 0 aliphatic carbocycles. The number of hydrogen-bond acceptors (Lipinski definition) is 3. The van der Waals surface area contributed by atoms with E-state index in [1.807, 2.05) is 20.8 Å². The molecule has 1 unspecified atom stereocenters. The molecule has 0 bridgehead atoms. The van der Waals surface area contributed by atoms with Crippen LogP contribution in [0.1, 0.15) is 47.9 Å². The molecular weight excluding hydrogens is 316 g/mol. The van der Waals surface area contributed by atoms with Crippen molar-refractivity contribution in [1.29, 1.82) is 0 Å². The molecule has 2 aromatic carbocycles. The average molecular weight is 340 g/mol. The molecule has 0 saturated carbocycles. The van der Waals surface area contributed by atoms with E-state index in [2.05, 4.69) is 10.6 Å². The maximum absolute atomic E-state index is 12.4. The van der Waals surface area contributed by atoms with Gasteiger partial charge in [-0.25, -0.2) is 0 Å². The third-order valence-electron chi connectivity index (χ3n) is 3.80. The van der Waals surface area contributed by atoms with Crippen molar-refractivity contribution >= 4 is 17.5 Å². The minimum Gasteiger partial charge on any atom is -0.494 e. The minimum atomic E-state index is -0.262. The second kappa shape index (κ2) is 8.87. The summed E-state index contributed by atoms with van der Waals surface area (Å²) in [6.45, 7) is 6.46. The zero-order chi connectivity index (χ0) is 18.2. The summed E-state index contributed by atoms with van der Waals surface area (Å²) in [7, 11) is 0. The van der Waals surface area contributed by atoms with E-state index < -0.39 is 0 Å². The number of hydrogen-bond donors (Lipinski definition) is 2. The molecule has 0 aliphatic rings. The first kappa shape index (κ1) is 18.5. The Labute approximate surface area is 148 Å². The topological polar surface area (TPSA) is 67.4 Å². The Bertz CT molecular complexity index is 726. The van der Waals surface area contributed by atoms with E-state index in [-0.39, 0.29) is 17.9 Å². The second-order valence-corrected chi connectivity index (χ2v) is 5.78. The number of rotatable bonds is 7. The summed E-state index contributed by atoms with van der Waals surface area (Å²) in [5.74, 6) is 0.316. The quantitative estimate of drug-likeness (QED) is 0.804. The van der Waals surface area contributed by atoms with Gasteiger partial charge in [-0.3, -0.25) is 9.59 Å². The molecule has 2 rings (SSSR count). The van der Waals surface area contributed by atoms with Crippen molar-refractivity contribution in [2.75, 3.05) is 11.9 Å². The minimum absolute atomic E-state index is 0.0915. The molecule has 2 N–H and O–H groups in total. The molecule has 5 heteroatoms. The highest BCUT2D eigenvalue weighted by Crippen LogP contribution is 2.17. The highest BCUT2D eigenvalue weighted by Gasteiger charge is 2.12. The highest BCUT2D eigenvalue weighted by atomic mass is 16.5. The van der Waals surface area contributed by atoms with Gasteiger partial charge in [-0.1, -0.05) is 13.0 Å². The summed E-state index contributed by atoms with van der Waals surface area (Å²) in [5, 5.41) is 5.71. The molecule has 0 spiro atoms. The zero-order valence-corrected chi connectivity index (χ0v) is 14.8. The monoisotopic (exact) mass is 340 g/mol. The summed E-state index contributed by atoms with van der Waals surface area (Å²) >= 11 is 0. The molecule has 25 heavy (non-hydrogen) atoms. The van der Waals surface area contributed by atoms with E-state index in [1.165, 1.54) is 0 Å². The van der Waals surface area contributed by atoms with Gasteiger partial charge >= 0.3 is 0 Å². The van der Waals surface area contributed by atoms with Crippen molar-refractivity contribution in [3.63, 3.8) is 0 Å². The molecule has 5 nitrogen and oxygen atoms in total. The molecular formula is C20H24N2O3. The first-order chi connectivity index (χ1) is 12.0. The Morgan fingerprint density at radius 3 is 2.24 bits per heavy atom. The first-order valence-electron chi connectivity index (χ1n) is 8.48. The van der Waals surface area contributed by atoms with Crippen molar-refractivity contribution in [2.24, 2.45) is 0 Å². The van der Waals surface area contributed by atoms with Gasteiger partial charge in [0, 0.05) is 22.9 Å². The molecule has 1 atom stereocenters. The van der Waals surface area contributed by atoms with E-state index in [4.69, 9.17) is 4.74 Å². The van der Waals surface area contributed by atoms with Crippen molar-refractivity contribution in [3.05, 3.63) is 59.7 Å². The number of benzene rings is 2. The summed E-state index contributed by atoms with van der Waals surface area (Å²) < 4.78 is 5.38. The summed E-state index contributed by atoms with van der Waals surface area (Å²) in [6.07, 6.45) is 0.851. The van der Waals surface area contributed by atoms with Crippen LogP contribution in [0.4, 0.5) is 5.69 Å². The van der Waals surface area contributed by atoms with Gasteiger partial charge in [0.2, 0.25) is 0 Å². The van der Waals surface area contributed by atoms with Crippen LogP contribution >= 0.6 is 0 Å². The number of ether oxygens (including phenoxy) is 1. The molecule has 0 aliphatic heterocycles. The number of carbonyl (C=O) groups excluding carboxylic acids is 2. The lowest BCUT2D eigenvalue weighted by Gasteiger charge is -2.12. The second-order valence-electron chi connectivity index (χ2n) is 5.78. The highest BCUT2D eigenvalue weighted by molar-refractivity contribution is 6.06. The Hall–Kier alpha value is -2.82. The lowest BCUT2D eigenvalue weighted by molar-refractivity contribution is 0.0939. The Kier molecular flexibility index (Phi) is 6.57. The fraction of sp³-hybridized carbons (Fsp3) is 0.300. The maximum Gasteiger partial charge on any atom is 0.255 e.